The molecule has 5 heteroatoms. The Morgan fingerprint density at radius 2 is 2.04 bits per heavy atom. The molecule has 0 heterocycles. The van der Waals surface area contributed by atoms with Crippen LogP contribution in [0.4, 0.5) is 11.4 Å². The van der Waals surface area contributed by atoms with Gasteiger partial charge in [0.2, 0.25) is 0 Å². The van der Waals surface area contributed by atoms with Gasteiger partial charge in [0.1, 0.15) is 0 Å². The normalized spacial score (nSPS) is 13.2. The first-order chi connectivity index (χ1) is 11.1. The van der Waals surface area contributed by atoms with Crippen LogP contribution < -0.4 is 11.1 Å². The van der Waals surface area contributed by atoms with E-state index in [1.807, 2.05) is 37.3 Å². The summed E-state index contributed by atoms with van der Waals surface area (Å²) < 4.78 is 5.69. The lowest BCUT2D eigenvalue weighted by molar-refractivity contribution is 0.102. The number of aryl methyl sites for hydroxylation is 1. The van der Waals surface area contributed by atoms with Gasteiger partial charge in [-0.1, -0.05) is 18.2 Å². The molecule has 1 saturated carbocycles. The number of benzene rings is 2. The summed E-state index contributed by atoms with van der Waals surface area (Å²) in [6.45, 7) is 3.31. The number of hydrogen-bond donors (Lipinski definition) is 2. The van der Waals surface area contributed by atoms with Crippen LogP contribution in [-0.2, 0) is 11.3 Å². The zero-order valence-corrected chi connectivity index (χ0v) is 14.6. The first-order valence-electron chi connectivity index (χ1n) is 7.96. The van der Waals surface area contributed by atoms with E-state index in [1.165, 1.54) is 12.8 Å². The lowest BCUT2D eigenvalue weighted by Gasteiger charge is -2.10. The topological polar surface area (TPSA) is 64.4 Å². The number of amides is 1. The third-order valence-corrected chi connectivity index (χ3v) is 4.01. The van der Waals surface area contributed by atoms with Gasteiger partial charge in [-0.05, 0) is 61.1 Å². The summed E-state index contributed by atoms with van der Waals surface area (Å²) in [4.78, 5) is 12.4. The molecule has 24 heavy (non-hydrogen) atoms. The van der Waals surface area contributed by atoms with E-state index in [9.17, 15) is 4.79 Å². The predicted molar refractivity (Wildman–Crippen MR) is 99.6 cm³/mol. The number of anilines is 2. The fourth-order valence-electron chi connectivity index (χ4n) is 2.45. The van der Waals surface area contributed by atoms with Crippen molar-refractivity contribution in [1.82, 2.24) is 0 Å². The van der Waals surface area contributed by atoms with E-state index in [2.05, 4.69) is 5.32 Å². The first-order valence-corrected chi connectivity index (χ1v) is 7.96. The van der Waals surface area contributed by atoms with Crippen LogP contribution in [0.1, 0.15) is 34.3 Å². The molecule has 0 spiro atoms. The first kappa shape index (κ1) is 18.3. The maximum Gasteiger partial charge on any atom is 0.256 e. The number of carbonyl (C=O) groups is 1. The van der Waals surface area contributed by atoms with Crippen molar-refractivity contribution >= 4 is 29.7 Å². The molecule has 2 aromatic rings. The molecule has 128 valence electrons. The Morgan fingerprint density at radius 3 is 2.79 bits per heavy atom. The molecule has 2 aromatic carbocycles. The number of hydrogen-bond acceptors (Lipinski definition) is 3. The molecule has 0 aromatic heterocycles. The van der Waals surface area contributed by atoms with Crippen molar-refractivity contribution < 1.29 is 9.53 Å². The van der Waals surface area contributed by atoms with E-state index >= 15 is 0 Å². The van der Waals surface area contributed by atoms with Gasteiger partial charge in [-0.15, -0.1) is 12.4 Å². The highest BCUT2D eigenvalue weighted by molar-refractivity contribution is 6.05. The van der Waals surface area contributed by atoms with Gasteiger partial charge in [0.15, 0.2) is 0 Å². The van der Waals surface area contributed by atoms with Crippen LogP contribution in [-0.4, -0.2) is 12.5 Å². The van der Waals surface area contributed by atoms with Crippen molar-refractivity contribution in [3.63, 3.8) is 0 Å². The van der Waals surface area contributed by atoms with Crippen molar-refractivity contribution in [2.75, 3.05) is 17.7 Å². The molecule has 3 N–H and O–H groups in total. The fourth-order valence-corrected chi connectivity index (χ4v) is 2.45. The minimum atomic E-state index is -0.147. The number of ether oxygens (including phenoxy) is 1. The van der Waals surface area contributed by atoms with Crippen LogP contribution in [0.2, 0.25) is 0 Å². The number of halogens is 1. The second kappa shape index (κ2) is 8.18. The standard InChI is InChI=1S/C19H22N2O2.ClH/c1-13-5-8-16(20)10-18(13)19(22)21-17-4-2-3-15(9-17)12-23-11-14-6-7-14;/h2-5,8-10,14H,6-7,11-12,20H2,1H3,(H,21,22);1H. The molecule has 1 amide bonds. The minimum Gasteiger partial charge on any atom is -0.399 e. The molecule has 1 fully saturated rings. The van der Waals surface area contributed by atoms with Crippen molar-refractivity contribution in [1.29, 1.82) is 0 Å². The Morgan fingerprint density at radius 1 is 1.25 bits per heavy atom. The van der Waals surface area contributed by atoms with Gasteiger partial charge in [-0.2, -0.15) is 0 Å². The number of rotatable bonds is 6. The zero-order chi connectivity index (χ0) is 16.2. The number of nitrogen functional groups attached to an aromatic ring is 1. The Labute approximate surface area is 148 Å². The van der Waals surface area contributed by atoms with Gasteiger partial charge in [-0.3, -0.25) is 4.79 Å². The van der Waals surface area contributed by atoms with E-state index in [0.717, 1.165) is 29.3 Å². The number of nitrogens with one attached hydrogen (secondary N) is 1. The summed E-state index contributed by atoms with van der Waals surface area (Å²) in [5, 5.41) is 2.93. The van der Waals surface area contributed by atoms with Gasteiger partial charge in [0.25, 0.3) is 5.91 Å². The highest BCUT2D eigenvalue weighted by Crippen LogP contribution is 2.29. The van der Waals surface area contributed by atoms with Crippen LogP contribution in [0, 0.1) is 12.8 Å². The van der Waals surface area contributed by atoms with E-state index in [1.54, 1.807) is 12.1 Å². The van der Waals surface area contributed by atoms with Crippen molar-refractivity contribution in [3.05, 3.63) is 59.2 Å². The lowest BCUT2D eigenvalue weighted by atomic mass is 10.1. The summed E-state index contributed by atoms with van der Waals surface area (Å²) in [6.07, 6.45) is 2.57. The minimum absolute atomic E-state index is 0. The quantitative estimate of drug-likeness (QED) is 0.771. The third-order valence-electron chi connectivity index (χ3n) is 4.01. The van der Waals surface area contributed by atoms with E-state index in [0.29, 0.717) is 17.9 Å². The van der Waals surface area contributed by atoms with Crippen molar-refractivity contribution in [2.24, 2.45) is 5.92 Å². The highest BCUT2D eigenvalue weighted by atomic mass is 35.5. The van der Waals surface area contributed by atoms with Gasteiger partial charge in [0.05, 0.1) is 6.61 Å². The summed E-state index contributed by atoms with van der Waals surface area (Å²) in [5.74, 6) is 0.607. The van der Waals surface area contributed by atoms with Gasteiger partial charge in [-0.25, -0.2) is 0 Å². The predicted octanol–water partition coefficient (Wildman–Crippen LogP) is 4.18. The Balaban J connectivity index is 0.00000208. The SMILES string of the molecule is Cc1ccc(N)cc1C(=O)Nc1cccc(COCC2CC2)c1.Cl. The molecule has 4 nitrogen and oxygen atoms in total. The molecule has 1 aliphatic rings. The smallest absolute Gasteiger partial charge is 0.256 e. The Bertz CT molecular complexity index is 714. The van der Waals surface area contributed by atoms with Gasteiger partial charge in [0, 0.05) is 23.5 Å². The van der Waals surface area contributed by atoms with Crippen LogP contribution in [0.5, 0.6) is 0 Å². The van der Waals surface area contributed by atoms with Crippen molar-refractivity contribution in [3.8, 4) is 0 Å². The summed E-state index contributed by atoms with van der Waals surface area (Å²) in [5.41, 5.74) is 9.69. The highest BCUT2D eigenvalue weighted by Gasteiger charge is 2.21. The number of carbonyl (C=O) groups excluding carboxylic acids is 1. The fraction of sp³-hybridized carbons (Fsp3) is 0.316. The molecule has 0 unspecified atom stereocenters. The molecular formula is C19H23ClN2O2. The molecular weight excluding hydrogens is 324 g/mol. The third kappa shape index (κ3) is 4.98. The molecule has 0 aliphatic heterocycles. The Hall–Kier alpha value is -2.04. The maximum absolute atomic E-state index is 12.4. The van der Waals surface area contributed by atoms with Crippen molar-refractivity contribution in [2.45, 2.75) is 26.4 Å². The second-order valence-corrected chi connectivity index (χ2v) is 6.19. The lowest BCUT2D eigenvalue weighted by Crippen LogP contribution is -2.14. The average Bonchev–Trinajstić information content (AvgIpc) is 3.34. The van der Waals surface area contributed by atoms with E-state index in [-0.39, 0.29) is 18.3 Å². The summed E-state index contributed by atoms with van der Waals surface area (Å²) in [6, 6.07) is 13.1. The van der Waals surface area contributed by atoms with E-state index in [4.69, 9.17) is 10.5 Å². The molecule has 0 atom stereocenters. The van der Waals surface area contributed by atoms with E-state index < -0.39 is 0 Å². The van der Waals surface area contributed by atoms with Crippen LogP contribution in [0.15, 0.2) is 42.5 Å². The van der Waals surface area contributed by atoms with Crippen LogP contribution >= 0.6 is 12.4 Å². The zero-order valence-electron chi connectivity index (χ0n) is 13.7. The second-order valence-electron chi connectivity index (χ2n) is 6.19. The number of nitrogens with two attached hydrogens (primary N) is 1. The van der Waals surface area contributed by atoms with Gasteiger partial charge >= 0.3 is 0 Å². The molecule has 0 radical (unpaired) electrons. The largest absolute Gasteiger partial charge is 0.399 e. The molecule has 1 aliphatic carbocycles. The molecule has 0 bridgehead atoms. The molecule has 3 rings (SSSR count). The van der Waals surface area contributed by atoms with Crippen LogP contribution in [0.25, 0.3) is 0 Å². The summed E-state index contributed by atoms with van der Waals surface area (Å²) >= 11 is 0. The Kier molecular flexibility index (Phi) is 6.23. The van der Waals surface area contributed by atoms with Crippen LogP contribution in [0.3, 0.4) is 0 Å². The van der Waals surface area contributed by atoms with Gasteiger partial charge < -0.3 is 15.8 Å². The molecule has 0 saturated heterocycles. The monoisotopic (exact) mass is 346 g/mol. The summed E-state index contributed by atoms with van der Waals surface area (Å²) in [7, 11) is 0. The average molecular weight is 347 g/mol. The maximum atomic E-state index is 12.4.